The molecular weight excluding hydrogens is 407 g/mol. The molecule has 3 rings (SSSR count). The Labute approximate surface area is 170 Å². The maximum absolute atomic E-state index is 13.0. The molecule has 0 aliphatic rings. The van der Waals surface area contributed by atoms with Crippen LogP contribution in [0.1, 0.15) is 11.1 Å². The third-order valence-corrected chi connectivity index (χ3v) is 4.61. The second-order valence-electron chi connectivity index (χ2n) is 6.79. The summed E-state index contributed by atoms with van der Waals surface area (Å²) in [7, 11) is 1.61. The summed E-state index contributed by atoms with van der Waals surface area (Å²) in [6.07, 6.45) is -2.96. The van der Waals surface area contributed by atoms with Crippen LogP contribution in [0, 0.1) is 0 Å². The van der Waals surface area contributed by atoms with E-state index in [-0.39, 0.29) is 5.75 Å². The fraction of sp³-hybridized carbons (Fsp3) is 0.333. The minimum Gasteiger partial charge on any atom is -0.497 e. The van der Waals surface area contributed by atoms with Gasteiger partial charge in [0.15, 0.2) is 6.61 Å². The van der Waals surface area contributed by atoms with Crippen molar-refractivity contribution in [3.05, 3.63) is 59.8 Å². The van der Waals surface area contributed by atoms with Crippen LogP contribution in [0.2, 0.25) is 0 Å². The van der Waals surface area contributed by atoms with Gasteiger partial charge in [0, 0.05) is 29.7 Å². The summed E-state index contributed by atoms with van der Waals surface area (Å²) >= 11 is 0. The van der Waals surface area contributed by atoms with Gasteiger partial charge in [-0.1, -0.05) is 12.1 Å². The van der Waals surface area contributed by atoms with Crippen molar-refractivity contribution in [3.8, 4) is 11.5 Å². The van der Waals surface area contributed by atoms with Crippen LogP contribution in [0.25, 0.3) is 10.9 Å². The third-order valence-electron chi connectivity index (χ3n) is 4.61. The smallest absolute Gasteiger partial charge is 0.456 e. The van der Waals surface area contributed by atoms with Crippen LogP contribution in [0.3, 0.4) is 0 Å². The van der Waals surface area contributed by atoms with Gasteiger partial charge in [-0.3, -0.25) is 0 Å². The van der Waals surface area contributed by atoms with Crippen LogP contribution >= 0.6 is 0 Å². The highest BCUT2D eigenvalue weighted by molar-refractivity contribution is 5.84. The summed E-state index contributed by atoms with van der Waals surface area (Å²) in [5.41, 5.74) is 2.82. The summed E-state index contributed by atoms with van der Waals surface area (Å²) in [5, 5.41) is 4.32. The second kappa shape index (κ2) is 8.91. The van der Waals surface area contributed by atoms with Crippen molar-refractivity contribution in [3.63, 3.8) is 0 Å². The number of benzene rings is 2. The third kappa shape index (κ3) is 5.21. The number of nitrogens with one attached hydrogen (secondary N) is 2. The maximum Gasteiger partial charge on any atom is 0.456 e. The van der Waals surface area contributed by atoms with Crippen LogP contribution in [0.4, 0.5) is 22.0 Å². The van der Waals surface area contributed by atoms with Crippen molar-refractivity contribution in [2.75, 3.05) is 20.3 Å². The molecular formula is C21H21F5N2O2. The zero-order chi connectivity index (χ0) is 21.8. The molecule has 0 bridgehead atoms. The standard InChI is InChI=1S/C21H21F5N2O2/c1-29-16-5-6-18-15(12-28-19(18)10-16)7-8-27-11-14-3-2-4-17(9-14)30-13-20(22,23)21(24,25)26/h2-6,9-10,12,27-28H,7-8,11,13H2,1H3. The zero-order valence-electron chi connectivity index (χ0n) is 16.2. The number of fused-ring (bicyclic) bond motifs is 1. The van der Waals surface area contributed by atoms with E-state index in [1.807, 2.05) is 24.4 Å². The Morgan fingerprint density at radius 1 is 1.00 bits per heavy atom. The molecule has 0 saturated heterocycles. The second-order valence-corrected chi connectivity index (χ2v) is 6.79. The Balaban J connectivity index is 1.50. The first kappa shape index (κ1) is 21.9. The molecule has 1 heterocycles. The predicted octanol–water partition coefficient (Wildman–Crippen LogP) is 5.09. The molecule has 0 amide bonds. The lowest BCUT2D eigenvalue weighted by molar-refractivity contribution is -0.290. The van der Waals surface area contributed by atoms with Crippen molar-refractivity contribution in [2.45, 2.75) is 25.1 Å². The van der Waals surface area contributed by atoms with E-state index in [2.05, 4.69) is 15.0 Å². The molecule has 2 N–H and O–H groups in total. The Morgan fingerprint density at radius 2 is 1.80 bits per heavy atom. The maximum atomic E-state index is 13.0. The summed E-state index contributed by atoms with van der Waals surface area (Å²) in [5.74, 6) is -4.17. The van der Waals surface area contributed by atoms with Gasteiger partial charge in [-0.25, -0.2) is 0 Å². The number of H-pyrrole nitrogens is 1. The average Bonchev–Trinajstić information content (AvgIpc) is 3.11. The SMILES string of the molecule is COc1ccc2c(CCNCc3cccc(OCC(F)(F)C(F)(F)F)c3)c[nH]c2c1. The lowest BCUT2D eigenvalue weighted by Crippen LogP contribution is -2.41. The van der Waals surface area contributed by atoms with Gasteiger partial charge in [0.25, 0.3) is 0 Å². The highest BCUT2D eigenvalue weighted by Gasteiger charge is 2.58. The highest BCUT2D eigenvalue weighted by Crippen LogP contribution is 2.35. The molecule has 30 heavy (non-hydrogen) atoms. The van der Waals surface area contributed by atoms with Crippen molar-refractivity contribution in [1.82, 2.24) is 10.3 Å². The normalized spacial score (nSPS) is 12.3. The Morgan fingerprint density at radius 3 is 2.53 bits per heavy atom. The molecule has 0 unspecified atom stereocenters. The lowest BCUT2D eigenvalue weighted by atomic mass is 10.1. The van der Waals surface area contributed by atoms with Crippen molar-refractivity contribution >= 4 is 10.9 Å². The monoisotopic (exact) mass is 428 g/mol. The molecule has 0 radical (unpaired) electrons. The van der Waals surface area contributed by atoms with Gasteiger partial charge in [-0.2, -0.15) is 22.0 Å². The number of ether oxygens (including phenoxy) is 2. The zero-order valence-corrected chi connectivity index (χ0v) is 16.2. The largest absolute Gasteiger partial charge is 0.497 e. The number of aromatic amines is 1. The molecule has 0 fully saturated rings. The van der Waals surface area contributed by atoms with E-state index in [4.69, 9.17) is 4.74 Å². The van der Waals surface area contributed by atoms with E-state index in [1.54, 1.807) is 19.2 Å². The Bertz CT molecular complexity index is 985. The van der Waals surface area contributed by atoms with Gasteiger partial charge < -0.3 is 19.8 Å². The molecule has 0 saturated carbocycles. The van der Waals surface area contributed by atoms with Crippen LogP contribution in [-0.2, 0) is 13.0 Å². The fourth-order valence-corrected chi connectivity index (χ4v) is 2.96. The summed E-state index contributed by atoms with van der Waals surface area (Å²) < 4.78 is 72.5. The van der Waals surface area contributed by atoms with Gasteiger partial charge in [0.05, 0.1) is 7.11 Å². The summed E-state index contributed by atoms with van der Waals surface area (Å²) in [6, 6.07) is 11.9. The van der Waals surface area contributed by atoms with Crippen LogP contribution in [-0.4, -0.2) is 37.3 Å². The van der Waals surface area contributed by atoms with E-state index in [9.17, 15) is 22.0 Å². The number of aromatic nitrogens is 1. The molecule has 3 aromatic rings. The quantitative estimate of drug-likeness (QED) is 0.369. The van der Waals surface area contributed by atoms with Crippen LogP contribution in [0.5, 0.6) is 11.5 Å². The lowest BCUT2D eigenvalue weighted by Gasteiger charge is -2.20. The molecule has 0 atom stereocenters. The minimum absolute atomic E-state index is 0.0381. The van der Waals surface area contributed by atoms with Gasteiger partial charge in [-0.05, 0) is 48.4 Å². The highest BCUT2D eigenvalue weighted by atomic mass is 19.4. The van der Waals surface area contributed by atoms with Crippen molar-refractivity contribution < 1.29 is 31.4 Å². The summed E-state index contributed by atoms with van der Waals surface area (Å²) in [6.45, 7) is -0.683. The Hall–Kier alpha value is -2.81. The van der Waals surface area contributed by atoms with E-state index in [0.717, 1.165) is 28.6 Å². The van der Waals surface area contributed by atoms with Gasteiger partial charge in [0.1, 0.15) is 11.5 Å². The van der Waals surface area contributed by atoms with E-state index in [0.29, 0.717) is 18.7 Å². The van der Waals surface area contributed by atoms with E-state index in [1.165, 1.54) is 12.1 Å². The van der Waals surface area contributed by atoms with Gasteiger partial charge in [0.2, 0.25) is 0 Å². The number of rotatable bonds is 9. The van der Waals surface area contributed by atoms with Crippen molar-refractivity contribution in [1.29, 1.82) is 0 Å². The molecule has 0 aliphatic heterocycles. The molecule has 0 spiro atoms. The predicted molar refractivity (Wildman–Crippen MR) is 103 cm³/mol. The molecule has 9 heteroatoms. The number of halogens is 5. The first-order valence-electron chi connectivity index (χ1n) is 9.20. The van der Waals surface area contributed by atoms with E-state index < -0.39 is 18.7 Å². The van der Waals surface area contributed by atoms with Gasteiger partial charge in [-0.15, -0.1) is 0 Å². The molecule has 0 aliphatic carbocycles. The topological polar surface area (TPSA) is 46.3 Å². The summed E-state index contributed by atoms with van der Waals surface area (Å²) in [4.78, 5) is 3.20. The first-order chi connectivity index (χ1) is 14.2. The number of alkyl halides is 5. The Kier molecular flexibility index (Phi) is 6.50. The minimum atomic E-state index is -5.64. The van der Waals surface area contributed by atoms with E-state index >= 15 is 0 Å². The number of hydrogen-bond donors (Lipinski definition) is 2. The molecule has 1 aromatic heterocycles. The fourth-order valence-electron chi connectivity index (χ4n) is 2.96. The van der Waals surface area contributed by atoms with Crippen LogP contribution in [0.15, 0.2) is 48.7 Å². The first-order valence-corrected chi connectivity index (χ1v) is 9.20. The molecule has 2 aromatic carbocycles. The van der Waals surface area contributed by atoms with Crippen molar-refractivity contribution in [2.24, 2.45) is 0 Å². The number of hydrogen-bond acceptors (Lipinski definition) is 3. The van der Waals surface area contributed by atoms with Gasteiger partial charge >= 0.3 is 12.1 Å². The number of methoxy groups -OCH3 is 1. The molecule has 162 valence electrons. The molecule has 4 nitrogen and oxygen atoms in total. The average molecular weight is 428 g/mol. The van der Waals surface area contributed by atoms with Crippen LogP contribution < -0.4 is 14.8 Å².